The lowest BCUT2D eigenvalue weighted by atomic mass is 10.00. The number of carboxylic acids is 1. The van der Waals surface area contributed by atoms with Gasteiger partial charge in [-0.2, -0.15) is 0 Å². The molecule has 15 heavy (non-hydrogen) atoms. The van der Waals surface area contributed by atoms with Crippen molar-refractivity contribution in [2.75, 3.05) is 0 Å². The van der Waals surface area contributed by atoms with Crippen LogP contribution in [0.5, 0.6) is 0 Å². The molecule has 1 N–H and O–H groups in total. The Morgan fingerprint density at radius 1 is 1.33 bits per heavy atom. The van der Waals surface area contributed by atoms with E-state index in [0.29, 0.717) is 6.42 Å². The van der Waals surface area contributed by atoms with Gasteiger partial charge in [0, 0.05) is 0 Å². The number of hydrogen-bond donors (Lipinski definition) is 1. The number of ether oxygens (including phenoxy) is 1. The van der Waals surface area contributed by atoms with Gasteiger partial charge in [0.1, 0.15) is 5.60 Å². The molecule has 0 heterocycles. The predicted molar refractivity (Wildman–Crippen MR) is 56.5 cm³/mol. The first-order chi connectivity index (χ1) is 6.76. The largest absolute Gasteiger partial charge is 0.481 e. The highest BCUT2D eigenvalue weighted by Crippen LogP contribution is 2.17. The first kappa shape index (κ1) is 13.9. The van der Waals surface area contributed by atoms with Crippen LogP contribution in [0.15, 0.2) is 0 Å². The lowest BCUT2D eigenvalue weighted by molar-refractivity contribution is -0.163. The van der Waals surface area contributed by atoms with Crippen LogP contribution in [0.25, 0.3) is 0 Å². The Hall–Kier alpha value is -1.06. The molecule has 88 valence electrons. The van der Waals surface area contributed by atoms with E-state index in [1.807, 2.05) is 6.92 Å². The second-order valence-corrected chi connectivity index (χ2v) is 4.62. The van der Waals surface area contributed by atoms with Crippen molar-refractivity contribution in [3.8, 4) is 0 Å². The van der Waals surface area contributed by atoms with Crippen LogP contribution in [0.3, 0.4) is 0 Å². The van der Waals surface area contributed by atoms with Gasteiger partial charge in [-0.25, -0.2) is 0 Å². The molecule has 0 fully saturated rings. The first-order valence-corrected chi connectivity index (χ1v) is 5.21. The summed E-state index contributed by atoms with van der Waals surface area (Å²) in [5.74, 6) is -1.89. The molecule has 4 nitrogen and oxygen atoms in total. The van der Waals surface area contributed by atoms with Gasteiger partial charge >= 0.3 is 11.9 Å². The quantitative estimate of drug-likeness (QED) is 0.716. The maximum Gasteiger partial charge on any atom is 0.310 e. The summed E-state index contributed by atoms with van der Waals surface area (Å²) in [5.41, 5.74) is -0.554. The predicted octanol–water partition coefficient (Wildman–Crippen LogP) is 2.22. The molecule has 0 aliphatic heterocycles. The molecule has 1 atom stereocenters. The second-order valence-electron chi connectivity index (χ2n) is 4.62. The number of carboxylic acid groups (broad SMARTS) is 1. The molecule has 0 aromatic heterocycles. The van der Waals surface area contributed by atoms with Gasteiger partial charge in [0.05, 0.1) is 12.3 Å². The highest BCUT2D eigenvalue weighted by Gasteiger charge is 2.26. The summed E-state index contributed by atoms with van der Waals surface area (Å²) >= 11 is 0. The lowest BCUT2D eigenvalue weighted by Crippen LogP contribution is -2.29. The number of aliphatic carboxylic acids is 1. The Morgan fingerprint density at radius 2 is 1.87 bits per heavy atom. The number of carbonyl (C=O) groups excluding carboxylic acids is 1. The Morgan fingerprint density at radius 3 is 2.20 bits per heavy atom. The zero-order valence-electron chi connectivity index (χ0n) is 9.87. The lowest BCUT2D eigenvalue weighted by Gasteiger charge is -2.23. The van der Waals surface area contributed by atoms with Crippen molar-refractivity contribution in [1.29, 1.82) is 0 Å². The van der Waals surface area contributed by atoms with Crippen LogP contribution in [0.2, 0.25) is 0 Å². The van der Waals surface area contributed by atoms with Crippen molar-refractivity contribution in [3.05, 3.63) is 0 Å². The molecule has 0 aliphatic rings. The van der Waals surface area contributed by atoms with Crippen LogP contribution < -0.4 is 0 Å². The van der Waals surface area contributed by atoms with E-state index in [4.69, 9.17) is 9.84 Å². The van der Waals surface area contributed by atoms with Gasteiger partial charge in [-0.15, -0.1) is 0 Å². The van der Waals surface area contributed by atoms with Crippen LogP contribution >= 0.6 is 0 Å². The average Bonchev–Trinajstić information content (AvgIpc) is 1.99. The smallest absolute Gasteiger partial charge is 0.310 e. The van der Waals surface area contributed by atoms with E-state index in [9.17, 15) is 9.59 Å². The summed E-state index contributed by atoms with van der Waals surface area (Å²) in [6, 6.07) is 0. The molecule has 0 amide bonds. The average molecular weight is 216 g/mol. The van der Waals surface area contributed by atoms with Gasteiger partial charge in [0.25, 0.3) is 0 Å². The Labute approximate surface area is 90.6 Å². The minimum atomic E-state index is -0.959. The van der Waals surface area contributed by atoms with Crippen molar-refractivity contribution >= 4 is 11.9 Å². The monoisotopic (exact) mass is 216 g/mol. The van der Waals surface area contributed by atoms with E-state index in [1.165, 1.54) is 0 Å². The highest BCUT2D eigenvalue weighted by molar-refractivity contribution is 5.79. The second kappa shape index (κ2) is 5.73. The molecule has 0 radical (unpaired) electrons. The van der Waals surface area contributed by atoms with Gasteiger partial charge < -0.3 is 9.84 Å². The molecular weight excluding hydrogens is 196 g/mol. The third-order valence-corrected chi connectivity index (χ3v) is 1.80. The van der Waals surface area contributed by atoms with E-state index < -0.39 is 23.5 Å². The number of hydrogen-bond acceptors (Lipinski definition) is 3. The molecule has 0 aromatic rings. The van der Waals surface area contributed by atoms with E-state index in [0.717, 1.165) is 6.42 Å². The zero-order chi connectivity index (χ0) is 12.1. The van der Waals surface area contributed by atoms with Crippen LogP contribution in [-0.2, 0) is 14.3 Å². The Balaban J connectivity index is 4.35. The third kappa shape index (κ3) is 6.94. The molecular formula is C11H20O4. The summed E-state index contributed by atoms with van der Waals surface area (Å²) in [6.45, 7) is 7.23. The van der Waals surface area contributed by atoms with E-state index in [-0.39, 0.29) is 6.42 Å². The molecule has 0 saturated carbocycles. The van der Waals surface area contributed by atoms with Gasteiger partial charge in [0.2, 0.25) is 0 Å². The maximum atomic E-state index is 11.6. The van der Waals surface area contributed by atoms with E-state index >= 15 is 0 Å². The van der Waals surface area contributed by atoms with E-state index in [2.05, 4.69) is 0 Å². The molecule has 0 aliphatic carbocycles. The minimum absolute atomic E-state index is 0.150. The van der Waals surface area contributed by atoms with E-state index in [1.54, 1.807) is 20.8 Å². The fourth-order valence-electron chi connectivity index (χ4n) is 1.25. The summed E-state index contributed by atoms with van der Waals surface area (Å²) in [6.07, 6.45) is 1.18. The Kier molecular flexibility index (Phi) is 5.33. The number of rotatable bonds is 5. The Bertz CT molecular complexity index is 227. The van der Waals surface area contributed by atoms with Crippen LogP contribution in [0.4, 0.5) is 0 Å². The van der Waals surface area contributed by atoms with Crippen molar-refractivity contribution < 1.29 is 19.4 Å². The number of carbonyl (C=O) groups is 2. The summed E-state index contributed by atoms with van der Waals surface area (Å²) in [7, 11) is 0. The first-order valence-electron chi connectivity index (χ1n) is 5.21. The van der Waals surface area contributed by atoms with Crippen molar-refractivity contribution in [2.24, 2.45) is 5.92 Å². The topological polar surface area (TPSA) is 63.6 Å². The van der Waals surface area contributed by atoms with Gasteiger partial charge in [0.15, 0.2) is 0 Å². The number of esters is 1. The third-order valence-electron chi connectivity index (χ3n) is 1.80. The normalized spacial score (nSPS) is 13.3. The van der Waals surface area contributed by atoms with Crippen molar-refractivity contribution in [3.63, 3.8) is 0 Å². The minimum Gasteiger partial charge on any atom is -0.481 e. The highest BCUT2D eigenvalue weighted by atomic mass is 16.6. The van der Waals surface area contributed by atoms with Crippen LogP contribution in [0, 0.1) is 5.92 Å². The molecule has 0 bridgehead atoms. The standard InChI is InChI=1S/C11H20O4/c1-5-6-8(7-9(12)13)10(14)15-11(2,3)4/h8H,5-7H2,1-4H3,(H,12,13)/t8-/m0/s1. The summed E-state index contributed by atoms with van der Waals surface area (Å²) in [4.78, 5) is 22.1. The zero-order valence-corrected chi connectivity index (χ0v) is 9.87. The molecule has 0 saturated heterocycles. The SMILES string of the molecule is CCC[C@@H](CC(=O)O)C(=O)OC(C)(C)C. The molecule has 0 spiro atoms. The maximum absolute atomic E-state index is 11.6. The molecule has 0 rings (SSSR count). The molecule has 0 aromatic carbocycles. The van der Waals surface area contributed by atoms with Crippen LogP contribution in [0.1, 0.15) is 47.0 Å². The molecule has 4 heteroatoms. The van der Waals surface area contributed by atoms with Crippen LogP contribution in [-0.4, -0.2) is 22.6 Å². The van der Waals surface area contributed by atoms with Gasteiger partial charge in [-0.3, -0.25) is 9.59 Å². The fourth-order valence-corrected chi connectivity index (χ4v) is 1.25. The van der Waals surface area contributed by atoms with Crippen molar-refractivity contribution in [2.45, 2.75) is 52.6 Å². The summed E-state index contributed by atoms with van der Waals surface area (Å²) < 4.78 is 5.15. The molecule has 0 unspecified atom stereocenters. The van der Waals surface area contributed by atoms with Crippen molar-refractivity contribution in [1.82, 2.24) is 0 Å². The van der Waals surface area contributed by atoms with Gasteiger partial charge in [-0.05, 0) is 27.2 Å². The fraction of sp³-hybridized carbons (Fsp3) is 0.818. The van der Waals surface area contributed by atoms with Gasteiger partial charge in [-0.1, -0.05) is 13.3 Å². The summed E-state index contributed by atoms with van der Waals surface area (Å²) in [5, 5.41) is 8.65.